The van der Waals surface area contributed by atoms with Crippen LogP contribution in [0.2, 0.25) is 10.3 Å². The van der Waals surface area contributed by atoms with Crippen molar-refractivity contribution in [3.05, 3.63) is 51.5 Å². The predicted molar refractivity (Wildman–Crippen MR) is 75.9 cm³/mol. The van der Waals surface area contributed by atoms with Crippen LogP contribution < -0.4 is 5.32 Å². The number of nitrogens with one attached hydrogen (secondary N) is 1. The molecule has 0 bridgehead atoms. The van der Waals surface area contributed by atoms with Gasteiger partial charge in [-0.15, -0.1) is 0 Å². The molecule has 98 valence electrons. The van der Waals surface area contributed by atoms with Gasteiger partial charge in [0.15, 0.2) is 0 Å². The summed E-state index contributed by atoms with van der Waals surface area (Å²) in [5, 5.41) is 3.12. The van der Waals surface area contributed by atoms with Crippen molar-refractivity contribution in [3.63, 3.8) is 0 Å². The molecular formula is C13H11Cl2N3O. The highest BCUT2D eigenvalue weighted by atomic mass is 35.5. The third-order valence-corrected chi connectivity index (χ3v) is 2.89. The van der Waals surface area contributed by atoms with Gasteiger partial charge in [0, 0.05) is 11.3 Å². The Balaban J connectivity index is 2.25. The second-order valence-corrected chi connectivity index (χ2v) is 4.82. The Kier molecular flexibility index (Phi) is 4.02. The Bertz CT molecular complexity index is 624. The van der Waals surface area contributed by atoms with E-state index in [0.717, 1.165) is 11.4 Å². The lowest BCUT2D eigenvalue weighted by Crippen LogP contribution is -2.13. The van der Waals surface area contributed by atoms with Crippen LogP contribution in [0.15, 0.2) is 24.3 Å². The van der Waals surface area contributed by atoms with Crippen molar-refractivity contribution in [2.45, 2.75) is 13.8 Å². The van der Waals surface area contributed by atoms with Crippen LogP contribution in [0.5, 0.6) is 0 Å². The molecule has 0 aliphatic rings. The zero-order valence-corrected chi connectivity index (χ0v) is 11.9. The maximum atomic E-state index is 12.1. The highest BCUT2D eigenvalue weighted by Crippen LogP contribution is 2.18. The largest absolute Gasteiger partial charge is 0.320 e. The number of anilines is 1. The third-order valence-electron chi connectivity index (χ3n) is 2.50. The number of rotatable bonds is 2. The molecule has 4 nitrogen and oxygen atoms in total. The van der Waals surface area contributed by atoms with Gasteiger partial charge in [-0.3, -0.25) is 9.78 Å². The Morgan fingerprint density at radius 2 is 1.74 bits per heavy atom. The van der Waals surface area contributed by atoms with Crippen LogP contribution in [0.1, 0.15) is 21.7 Å². The van der Waals surface area contributed by atoms with Crippen LogP contribution in [0.4, 0.5) is 5.69 Å². The van der Waals surface area contributed by atoms with Crippen molar-refractivity contribution in [2.24, 2.45) is 0 Å². The molecule has 2 heterocycles. The molecule has 2 aromatic rings. The Hall–Kier alpha value is -1.65. The van der Waals surface area contributed by atoms with Crippen molar-refractivity contribution < 1.29 is 4.79 Å². The standard InChI is InChI=1S/C13H11Cl2N3O/c1-7-3-4-10(8(2)16-7)17-13(19)9-5-11(14)18-12(15)6-9/h3-6H,1-2H3,(H,17,19). The highest BCUT2D eigenvalue weighted by Gasteiger charge is 2.10. The molecular weight excluding hydrogens is 285 g/mol. The molecule has 0 radical (unpaired) electrons. The average Bonchev–Trinajstić information content (AvgIpc) is 2.31. The summed E-state index contributed by atoms with van der Waals surface area (Å²) in [7, 11) is 0. The van der Waals surface area contributed by atoms with E-state index in [0.29, 0.717) is 11.3 Å². The first-order valence-corrected chi connectivity index (χ1v) is 6.30. The molecule has 2 aromatic heterocycles. The van der Waals surface area contributed by atoms with Crippen molar-refractivity contribution >= 4 is 34.8 Å². The summed E-state index contributed by atoms with van der Waals surface area (Å²) in [5.41, 5.74) is 2.65. The Morgan fingerprint density at radius 3 is 2.32 bits per heavy atom. The molecule has 1 amide bonds. The first-order valence-electron chi connectivity index (χ1n) is 5.54. The first-order chi connectivity index (χ1) is 8.95. The van der Waals surface area contributed by atoms with E-state index in [-0.39, 0.29) is 16.2 Å². The maximum Gasteiger partial charge on any atom is 0.255 e. The molecule has 1 N–H and O–H groups in total. The summed E-state index contributed by atoms with van der Waals surface area (Å²) < 4.78 is 0. The van der Waals surface area contributed by atoms with E-state index in [1.54, 1.807) is 6.07 Å². The van der Waals surface area contributed by atoms with Crippen molar-refractivity contribution in [2.75, 3.05) is 5.32 Å². The van der Waals surface area contributed by atoms with Gasteiger partial charge in [-0.25, -0.2) is 4.98 Å². The van der Waals surface area contributed by atoms with Gasteiger partial charge in [-0.05, 0) is 38.1 Å². The van der Waals surface area contributed by atoms with E-state index in [1.165, 1.54) is 12.1 Å². The fourth-order valence-corrected chi connectivity index (χ4v) is 2.07. The zero-order chi connectivity index (χ0) is 14.0. The number of aryl methyl sites for hydroxylation is 2. The summed E-state index contributed by atoms with van der Waals surface area (Å²) in [5.74, 6) is -0.306. The monoisotopic (exact) mass is 295 g/mol. The third kappa shape index (κ3) is 3.43. The van der Waals surface area contributed by atoms with Gasteiger partial charge < -0.3 is 5.32 Å². The van der Waals surface area contributed by atoms with E-state index in [2.05, 4.69) is 15.3 Å². The number of carbonyl (C=O) groups is 1. The van der Waals surface area contributed by atoms with E-state index in [1.807, 2.05) is 19.9 Å². The minimum Gasteiger partial charge on any atom is -0.320 e. The summed E-state index contributed by atoms with van der Waals surface area (Å²) in [6.45, 7) is 3.72. The van der Waals surface area contributed by atoms with Gasteiger partial charge in [-0.2, -0.15) is 0 Å². The summed E-state index contributed by atoms with van der Waals surface area (Å²) in [6, 6.07) is 6.55. The van der Waals surface area contributed by atoms with Crippen molar-refractivity contribution in [1.82, 2.24) is 9.97 Å². The minimum atomic E-state index is -0.306. The predicted octanol–water partition coefficient (Wildman–Crippen LogP) is 3.65. The van der Waals surface area contributed by atoms with Crippen molar-refractivity contribution in [3.8, 4) is 0 Å². The smallest absolute Gasteiger partial charge is 0.255 e. The second kappa shape index (κ2) is 5.55. The molecule has 19 heavy (non-hydrogen) atoms. The first kappa shape index (κ1) is 13.8. The molecule has 0 saturated carbocycles. The molecule has 0 spiro atoms. The van der Waals surface area contributed by atoms with Crippen LogP contribution in [0.3, 0.4) is 0 Å². The van der Waals surface area contributed by atoms with Gasteiger partial charge >= 0.3 is 0 Å². The van der Waals surface area contributed by atoms with E-state index < -0.39 is 0 Å². The summed E-state index contributed by atoms with van der Waals surface area (Å²) in [6.07, 6.45) is 0. The number of carbonyl (C=O) groups excluding carboxylic acids is 1. The molecule has 0 fully saturated rings. The number of hydrogen-bond acceptors (Lipinski definition) is 3. The van der Waals surface area contributed by atoms with E-state index in [4.69, 9.17) is 23.2 Å². The minimum absolute atomic E-state index is 0.177. The molecule has 0 aromatic carbocycles. The highest BCUT2D eigenvalue weighted by molar-refractivity contribution is 6.33. The van der Waals surface area contributed by atoms with Gasteiger partial charge in [0.25, 0.3) is 5.91 Å². The molecule has 0 unspecified atom stereocenters. The Morgan fingerprint density at radius 1 is 1.11 bits per heavy atom. The second-order valence-electron chi connectivity index (χ2n) is 4.04. The van der Waals surface area contributed by atoms with E-state index in [9.17, 15) is 4.79 Å². The number of aromatic nitrogens is 2. The number of halogens is 2. The fraction of sp³-hybridized carbons (Fsp3) is 0.154. The van der Waals surface area contributed by atoms with E-state index >= 15 is 0 Å². The molecule has 0 atom stereocenters. The number of pyridine rings is 2. The van der Waals surface area contributed by atoms with Gasteiger partial charge in [0.05, 0.1) is 11.4 Å². The molecule has 0 aliphatic heterocycles. The lowest BCUT2D eigenvalue weighted by atomic mass is 10.2. The van der Waals surface area contributed by atoms with Crippen molar-refractivity contribution in [1.29, 1.82) is 0 Å². The molecule has 0 aliphatic carbocycles. The topological polar surface area (TPSA) is 54.9 Å². The van der Waals surface area contributed by atoms with Crippen LogP contribution in [0, 0.1) is 13.8 Å². The molecule has 2 rings (SSSR count). The Labute approximate surface area is 120 Å². The van der Waals surface area contributed by atoms with Crippen LogP contribution >= 0.6 is 23.2 Å². The average molecular weight is 296 g/mol. The lowest BCUT2D eigenvalue weighted by Gasteiger charge is -2.08. The van der Waals surface area contributed by atoms with Gasteiger partial charge in [0.1, 0.15) is 10.3 Å². The number of amides is 1. The maximum absolute atomic E-state index is 12.1. The molecule has 6 heteroatoms. The van der Waals surface area contributed by atoms with Crippen LogP contribution in [-0.2, 0) is 0 Å². The fourth-order valence-electron chi connectivity index (χ4n) is 1.61. The van der Waals surface area contributed by atoms with Crippen LogP contribution in [0.25, 0.3) is 0 Å². The van der Waals surface area contributed by atoms with Gasteiger partial charge in [-0.1, -0.05) is 23.2 Å². The quantitative estimate of drug-likeness (QED) is 0.861. The summed E-state index contributed by atoms with van der Waals surface area (Å²) in [4.78, 5) is 20.1. The number of nitrogens with zero attached hydrogens (tertiary/aromatic N) is 2. The number of hydrogen-bond donors (Lipinski definition) is 1. The van der Waals surface area contributed by atoms with Gasteiger partial charge in [0.2, 0.25) is 0 Å². The normalized spacial score (nSPS) is 10.3. The summed E-state index contributed by atoms with van der Waals surface area (Å²) >= 11 is 11.5. The van der Waals surface area contributed by atoms with Crippen LogP contribution in [-0.4, -0.2) is 15.9 Å². The zero-order valence-electron chi connectivity index (χ0n) is 10.4. The molecule has 0 saturated heterocycles. The SMILES string of the molecule is Cc1ccc(NC(=O)c2cc(Cl)nc(Cl)c2)c(C)n1. The lowest BCUT2D eigenvalue weighted by molar-refractivity contribution is 0.102.